The van der Waals surface area contributed by atoms with Gasteiger partial charge < -0.3 is 20.4 Å². The molecule has 180 valence electrons. The van der Waals surface area contributed by atoms with E-state index in [2.05, 4.69) is 36.5 Å². The van der Waals surface area contributed by atoms with E-state index in [1.165, 1.54) is 23.3 Å². The summed E-state index contributed by atoms with van der Waals surface area (Å²) in [5, 5.41) is 32.1. The molecular formula is C24H38ClN3O4. The molecule has 7 nitrogen and oxygen atoms in total. The van der Waals surface area contributed by atoms with Crippen LogP contribution in [0.3, 0.4) is 0 Å². The van der Waals surface area contributed by atoms with Gasteiger partial charge in [-0.2, -0.15) is 0 Å². The molecule has 0 saturated carbocycles. The number of nitrogens with one attached hydrogen (secondary N) is 1. The van der Waals surface area contributed by atoms with Gasteiger partial charge in [0.1, 0.15) is 0 Å². The van der Waals surface area contributed by atoms with E-state index in [1.54, 1.807) is 12.1 Å². The number of hydrogen-bond donors (Lipinski definition) is 3. The Morgan fingerprint density at radius 1 is 0.938 bits per heavy atom. The van der Waals surface area contributed by atoms with E-state index >= 15 is 0 Å². The van der Waals surface area contributed by atoms with Crippen LogP contribution < -0.4 is 5.32 Å². The molecule has 0 aliphatic heterocycles. The third-order valence-corrected chi connectivity index (χ3v) is 5.43. The number of hydrogen-bond acceptors (Lipinski definition) is 6. The van der Waals surface area contributed by atoms with E-state index in [0.29, 0.717) is 0 Å². The first-order valence-electron chi connectivity index (χ1n) is 10.5. The second-order valence-corrected chi connectivity index (χ2v) is 8.25. The first kappa shape index (κ1) is 30.0. The molecule has 0 aliphatic carbocycles. The smallest absolute Gasteiger partial charge is 0.269 e. The number of aliphatic hydroxyl groups excluding tert-OH is 2. The third kappa shape index (κ3) is 8.84. The van der Waals surface area contributed by atoms with Crippen molar-refractivity contribution in [2.45, 2.75) is 32.9 Å². The zero-order valence-electron chi connectivity index (χ0n) is 19.9. The molecule has 2 rings (SSSR count). The van der Waals surface area contributed by atoms with E-state index in [0.717, 1.165) is 5.56 Å². The SMILES string of the molecule is CN[C@H](c1ccc(C)cc1)[C@H](C)CO.C[C@H](CO)[C@@H](c1ccc([N+](=O)[O-])cc1)N(C)C.Cl. The predicted molar refractivity (Wildman–Crippen MR) is 132 cm³/mol. The number of rotatable bonds is 9. The average Bonchev–Trinajstić information content (AvgIpc) is 2.76. The number of nitrogens with zero attached hydrogens (tertiary/aromatic N) is 2. The minimum atomic E-state index is -0.413. The van der Waals surface area contributed by atoms with Crippen molar-refractivity contribution in [2.75, 3.05) is 34.4 Å². The minimum absolute atomic E-state index is 0. The van der Waals surface area contributed by atoms with E-state index < -0.39 is 4.92 Å². The van der Waals surface area contributed by atoms with Gasteiger partial charge in [-0.1, -0.05) is 55.8 Å². The molecule has 8 heteroatoms. The molecule has 32 heavy (non-hydrogen) atoms. The maximum absolute atomic E-state index is 10.6. The van der Waals surface area contributed by atoms with Gasteiger partial charge in [0, 0.05) is 37.4 Å². The van der Waals surface area contributed by atoms with Crippen molar-refractivity contribution >= 4 is 18.1 Å². The molecular weight excluding hydrogens is 430 g/mol. The van der Waals surface area contributed by atoms with E-state index in [1.807, 2.05) is 39.9 Å². The molecule has 0 unspecified atom stereocenters. The van der Waals surface area contributed by atoms with E-state index in [4.69, 9.17) is 5.11 Å². The summed E-state index contributed by atoms with van der Waals surface area (Å²) in [7, 11) is 5.78. The van der Waals surface area contributed by atoms with Gasteiger partial charge in [-0.3, -0.25) is 10.1 Å². The molecule has 2 aromatic rings. The van der Waals surface area contributed by atoms with Crippen LogP contribution in [0.4, 0.5) is 5.69 Å². The summed E-state index contributed by atoms with van der Waals surface area (Å²) in [6.45, 7) is 6.36. The molecule has 0 aliphatic rings. The van der Waals surface area contributed by atoms with Crippen LogP contribution in [0.25, 0.3) is 0 Å². The molecule has 0 amide bonds. The quantitative estimate of drug-likeness (QED) is 0.379. The lowest BCUT2D eigenvalue weighted by Crippen LogP contribution is -2.27. The van der Waals surface area contributed by atoms with Gasteiger partial charge in [-0.25, -0.2) is 0 Å². The summed E-state index contributed by atoms with van der Waals surface area (Å²) in [4.78, 5) is 12.2. The van der Waals surface area contributed by atoms with Crippen LogP contribution in [0.2, 0.25) is 0 Å². The van der Waals surface area contributed by atoms with Crippen LogP contribution in [0.15, 0.2) is 48.5 Å². The lowest BCUT2D eigenvalue weighted by atomic mass is 9.94. The number of nitro groups is 1. The van der Waals surface area contributed by atoms with Crippen molar-refractivity contribution in [2.24, 2.45) is 11.8 Å². The molecule has 3 N–H and O–H groups in total. The number of non-ortho nitro benzene ring substituents is 1. The molecule has 0 saturated heterocycles. The fourth-order valence-electron chi connectivity index (χ4n) is 3.69. The Hall–Kier alpha value is -2.03. The van der Waals surface area contributed by atoms with Gasteiger partial charge >= 0.3 is 0 Å². The van der Waals surface area contributed by atoms with Crippen LogP contribution in [0.5, 0.6) is 0 Å². The van der Waals surface area contributed by atoms with Crippen molar-refractivity contribution in [1.29, 1.82) is 0 Å². The Morgan fingerprint density at radius 2 is 1.41 bits per heavy atom. The van der Waals surface area contributed by atoms with Gasteiger partial charge in [-0.05, 0) is 51.0 Å². The second-order valence-electron chi connectivity index (χ2n) is 8.25. The summed E-state index contributed by atoms with van der Waals surface area (Å²) >= 11 is 0. The number of nitro benzene ring substituents is 1. The van der Waals surface area contributed by atoms with Crippen molar-refractivity contribution < 1.29 is 15.1 Å². The fraction of sp³-hybridized carbons (Fsp3) is 0.500. The second kappa shape index (κ2) is 14.9. The normalized spacial score (nSPS) is 14.4. The number of aryl methyl sites for hydroxylation is 1. The molecule has 4 atom stereocenters. The molecule has 0 radical (unpaired) electrons. The van der Waals surface area contributed by atoms with Crippen LogP contribution in [-0.4, -0.2) is 54.4 Å². The Morgan fingerprint density at radius 3 is 1.78 bits per heavy atom. The monoisotopic (exact) mass is 467 g/mol. The molecule has 0 aromatic heterocycles. The number of aliphatic hydroxyl groups is 2. The lowest BCUT2D eigenvalue weighted by molar-refractivity contribution is -0.384. The average molecular weight is 468 g/mol. The zero-order chi connectivity index (χ0) is 23.6. The van der Waals surface area contributed by atoms with Crippen molar-refractivity contribution in [3.8, 4) is 0 Å². The summed E-state index contributed by atoms with van der Waals surface area (Å²) < 4.78 is 0. The maximum atomic E-state index is 10.6. The lowest BCUT2D eigenvalue weighted by Gasteiger charge is -2.29. The van der Waals surface area contributed by atoms with E-state index in [9.17, 15) is 15.2 Å². The molecule has 0 fully saturated rings. The summed E-state index contributed by atoms with van der Waals surface area (Å²) in [6, 6.07) is 15.2. The first-order valence-corrected chi connectivity index (χ1v) is 10.5. The predicted octanol–water partition coefficient (Wildman–Crippen LogP) is 4.13. The standard InChI is InChI=1S/C12H18N2O3.C12H19NO.ClH/c1-9(8-15)12(13(2)3)10-4-6-11(7-5-10)14(16)17;1-9-4-6-11(7-5-9)12(13-3)10(2)8-14;/h4-7,9,12,15H,8H2,1-3H3;4-7,10,12-14H,8H2,1-3H3;1H/t9-,12+;10-,12+;/m11./s1. The first-order chi connectivity index (χ1) is 14.7. The molecule has 0 spiro atoms. The topological polar surface area (TPSA) is 98.9 Å². The van der Waals surface area contributed by atoms with E-state index in [-0.39, 0.29) is 55.2 Å². The Labute approximate surface area is 198 Å². The van der Waals surface area contributed by atoms with Crippen molar-refractivity contribution in [3.05, 3.63) is 75.3 Å². The summed E-state index contributed by atoms with van der Waals surface area (Å²) in [5.74, 6) is 0.314. The maximum Gasteiger partial charge on any atom is 0.269 e. The minimum Gasteiger partial charge on any atom is -0.396 e. The Bertz CT molecular complexity index is 785. The zero-order valence-corrected chi connectivity index (χ0v) is 20.7. The van der Waals surface area contributed by atoms with Crippen LogP contribution in [0.1, 0.15) is 42.6 Å². The van der Waals surface area contributed by atoms with Gasteiger partial charge in [0.15, 0.2) is 0 Å². The molecule has 0 bridgehead atoms. The van der Waals surface area contributed by atoms with Crippen LogP contribution in [-0.2, 0) is 0 Å². The van der Waals surface area contributed by atoms with Gasteiger partial charge in [-0.15, -0.1) is 12.4 Å². The number of halogens is 1. The van der Waals surface area contributed by atoms with Crippen molar-refractivity contribution in [3.63, 3.8) is 0 Å². The fourth-order valence-corrected chi connectivity index (χ4v) is 3.69. The molecule has 2 aromatic carbocycles. The Kier molecular flexibility index (Phi) is 14.0. The van der Waals surface area contributed by atoms with Gasteiger partial charge in [0.05, 0.1) is 4.92 Å². The highest BCUT2D eigenvalue weighted by Gasteiger charge is 2.21. The van der Waals surface area contributed by atoms with Crippen molar-refractivity contribution in [1.82, 2.24) is 10.2 Å². The van der Waals surface area contributed by atoms with Crippen LogP contribution in [0, 0.1) is 28.9 Å². The third-order valence-electron chi connectivity index (χ3n) is 5.43. The van der Waals surface area contributed by atoms with Crippen LogP contribution >= 0.6 is 12.4 Å². The Balaban J connectivity index is 0.000000592. The summed E-state index contributed by atoms with van der Waals surface area (Å²) in [5.41, 5.74) is 3.56. The summed E-state index contributed by atoms with van der Waals surface area (Å²) in [6.07, 6.45) is 0. The number of benzene rings is 2. The molecule has 0 heterocycles. The highest BCUT2D eigenvalue weighted by molar-refractivity contribution is 5.85. The highest BCUT2D eigenvalue weighted by atomic mass is 35.5. The highest BCUT2D eigenvalue weighted by Crippen LogP contribution is 2.27. The van der Waals surface area contributed by atoms with Gasteiger partial charge in [0.25, 0.3) is 5.69 Å². The largest absolute Gasteiger partial charge is 0.396 e. The van der Waals surface area contributed by atoms with Gasteiger partial charge in [0.2, 0.25) is 0 Å².